The SMILES string of the molecule is COC[C@H](c1ccccc1)N(N)C(=O)CCc1ccccc1.Cl. The molecule has 124 valence electrons. The molecule has 1 atom stereocenters. The third-order valence-electron chi connectivity index (χ3n) is 3.60. The van der Waals surface area contributed by atoms with Crippen molar-refractivity contribution in [2.45, 2.75) is 18.9 Å². The van der Waals surface area contributed by atoms with Crippen LogP contribution in [0.4, 0.5) is 0 Å². The van der Waals surface area contributed by atoms with E-state index in [1.165, 1.54) is 5.01 Å². The van der Waals surface area contributed by atoms with Crippen molar-refractivity contribution in [3.63, 3.8) is 0 Å². The zero-order chi connectivity index (χ0) is 15.8. The Bertz CT molecular complexity index is 578. The van der Waals surface area contributed by atoms with E-state index < -0.39 is 0 Å². The smallest absolute Gasteiger partial charge is 0.237 e. The van der Waals surface area contributed by atoms with E-state index in [1.54, 1.807) is 7.11 Å². The molecular formula is C18H23ClN2O2. The maximum Gasteiger partial charge on any atom is 0.237 e. The highest BCUT2D eigenvalue weighted by atomic mass is 35.5. The zero-order valence-electron chi connectivity index (χ0n) is 13.2. The lowest BCUT2D eigenvalue weighted by Crippen LogP contribution is -2.42. The minimum Gasteiger partial charge on any atom is -0.382 e. The molecule has 0 aliphatic heterocycles. The van der Waals surface area contributed by atoms with Gasteiger partial charge in [-0.1, -0.05) is 60.7 Å². The van der Waals surface area contributed by atoms with Crippen LogP contribution >= 0.6 is 12.4 Å². The molecule has 4 nitrogen and oxygen atoms in total. The van der Waals surface area contributed by atoms with Crippen LogP contribution < -0.4 is 5.84 Å². The van der Waals surface area contributed by atoms with Gasteiger partial charge in [-0.15, -0.1) is 12.4 Å². The predicted molar refractivity (Wildman–Crippen MR) is 94.1 cm³/mol. The molecule has 0 fully saturated rings. The summed E-state index contributed by atoms with van der Waals surface area (Å²) in [6.07, 6.45) is 1.06. The van der Waals surface area contributed by atoms with Gasteiger partial charge in [0.1, 0.15) is 0 Å². The standard InChI is InChI=1S/C18H22N2O2.ClH/c1-22-14-17(16-10-6-3-7-11-16)20(19)18(21)13-12-15-8-4-2-5-9-15;/h2-11,17H,12-14,19H2,1H3;1H/t17-;/m1./s1. The first-order chi connectivity index (χ1) is 10.7. The first kappa shape index (κ1) is 19.2. The summed E-state index contributed by atoms with van der Waals surface area (Å²) in [6.45, 7) is 0.373. The molecule has 0 aromatic heterocycles. The molecule has 0 aliphatic carbocycles. The molecule has 5 heteroatoms. The summed E-state index contributed by atoms with van der Waals surface area (Å²) in [5, 5.41) is 1.29. The van der Waals surface area contributed by atoms with Crippen molar-refractivity contribution >= 4 is 18.3 Å². The number of benzene rings is 2. The van der Waals surface area contributed by atoms with E-state index in [0.717, 1.165) is 11.1 Å². The Morgan fingerprint density at radius 3 is 2.22 bits per heavy atom. The lowest BCUT2D eigenvalue weighted by Gasteiger charge is -2.27. The highest BCUT2D eigenvalue weighted by molar-refractivity contribution is 5.85. The van der Waals surface area contributed by atoms with Gasteiger partial charge in [0.2, 0.25) is 5.91 Å². The fourth-order valence-electron chi connectivity index (χ4n) is 2.37. The maximum absolute atomic E-state index is 12.4. The van der Waals surface area contributed by atoms with Crippen LogP contribution in [-0.4, -0.2) is 24.6 Å². The molecule has 1 amide bonds. The number of carbonyl (C=O) groups is 1. The second-order valence-electron chi connectivity index (χ2n) is 5.17. The monoisotopic (exact) mass is 334 g/mol. The molecule has 0 saturated heterocycles. The van der Waals surface area contributed by atoms with Gasteiger partial charge in [0.25, 0.3) is 0 Å². The summed E-state index contributed by atoms with van der Waals surface area (Å²) in [6, 6.07) is 19.4. The summed E-state index contributed by atoms with van der Waals surface area (Å²) in [4.78, 5) is 12.4. The van der Waals surface area contributed by atoms with Crippen molar-refractivity contribution in [1.82, 2.24) is 5.01 Å². The number of methoxy groups -OCH3 is 1. The molecule has 0 unspecified atom stereocenters. The molecular weight excluding hydrogens is 312 g/mol. The van der Waals surface area contributed by atoms with E-state index >= 15 is 0 Å². The van der Waals surface area contributed by atoms with Crippen molar-refractivity contribution < 1.29 is 9.53 Å². The Kier molecular flexibility index (Phi) is 8.33. The predicted octanol–water partition coefficient (Wildman–Crippen LogP) is 3.13. The van der Waals surface area contributed by atoms with Crippen molar-refractivity contribution in [2.75, 3.05) is 13.7 Å². The zero-order valence-corrected chi connectivity index (χ0v) is 14.0. The summed E-state index contributed by atoms with van der Waals surface area (Å²) >= 11 is 0. The van der Waals surface area contributed by atoms with Gasteiger partial charge in [0.15, 0.2) is 0 Å². The molecule has 0 saturated carbocycles. The first-order valence-corrected chi connectivity index (χ1v) is 7.37. The Morgan fingerprint density at radius 2 is 1.65 bits per heavy atom. The van der Waals surface area contributed by atoms with Crippen LogP contribution in [0.3, 0.4) is 0 Å². The maximum atomic E-state index is 12.4. The fraction of sp³-hybridized carbons (Fsp3) is 0.278. The van der Waals surface area contributed by atoms with E-state index in [-0.39, 0.29) is 24.4 Å². The van der Waals surface area contributed by atoms with Gasteiger partial charge in [-0.2, -0.15) is 0 Å². The average molecular weight is 335 g/mol. The van der Waals surface area contributed by atoms with E-state index in [1.807, 2.05) is 60.7 Å². The van der Waals surface area contributed by atoms with E-state index in [2.05, 4.69) is 0 Å². The normalized spacial score (nSPS) is 11.4. The topological polar surface area (TPSA) is 55.6 Å². The van der Waals surface area contributed by atoms with Gasteiger partial charge >= 0.3 is 0 Å². The van der Waals surface area contributed by atoms with Crippen LogP contribution in [0.1, 0.15) is 23.6 Å². The third kappa shape index (κ3) is 5.67. The Morgan fingerprint density at radius 1 is 1.09 bits per heavy atom. The summed E-state index contributed by atoms with van der Waals surface area (Å²) in [5.74, 6) is 5.96. The number of carbonyl (C=O) groups excluding carboxylic acids is 1. The minimum absolute atomic E-state index is 0. The summed E-state index contributed by atoms with van der Waals surface area (Å²) in [5.41, 5.74) is 2.10. The average Bonchev–Trinajstić information content (AvgIpc) is 2.58. The Hall–Kier alpha value is -1.88. The third-order valence-corrected chi connectivity index (χ3v) is 3.60. The van der Waals surface area contributed by atoms with Crippen LogP contribution in [0.15, 0.2) is 60.7 Å². The van der Waals surface area contributed by atoms with Crippen LogP contribution in [0.2, 0.25) is 0 Å². The van der Waals surface area contributed by atoms with Gasteiger partial charge in [-0.25, -0.2) is 5.84 Å². The highest BCUT2D eigenvalue weighted by Gasteiger charge is 2.22. The number of nitrogens with zero attached hydrogens (tertiary/aromatic N) is 1. The molecule has 0 heterocycles. The largest absolute Gasteiger partial charge is 0.382 e. The second-order valence-corrected chi connectivity index (χ2v) is 5.17. The van der Waals surface area contributed by atoms with Crippen LogP contribution in [0, 0.1) is 0 Å². The Balaban J connectivity index is 0.00000264. The number of nitrogens with two attached hydrogens (primary N) is 1. The van der Waals surface area contributed by atoms with Crippen molar-refractivity contribution in [2.24, 2.45) is 5.84 Å². The Labute approximate surface area is 143 Å². The molecule has 2 aromatic carbocycles. The summed E-state index contributed by atoms with van der Waals surface area (Å²) in [7, 11) is 1.61. The molecule has 2 N–H and O–H groups in total. The van der Waals surface area contributed by atoms with Crippen molar-refractivity contribution in [3.05, 3.63) is 71.8 Å². The fourth-order valence-corrected chi connectivity index (χ4v) is 2.37. The van der Waals surface area contributed by atoms with Crippen molar-refractivity contribution in [1.29, 1.82) is 0 Å². The second kappa shape index (κ2) is 10.0. The number of aryl methyl sites for hydroxylation is 1. The molecule has 0 radical (unpaired) electrons. The van der Waals surface area contributed by atoms with Crippen molar-refractivity contribution in [3.8, 4) is 0 Å². The molecule has 0 bridgehead atoms. The van der Waals surface area contributed by atoms with Gasteiger partial charge in [-0.3, -0.25) is 9.80 Å². The van der Waals surface area contributed by atoms with E-state index in [0.29, 0.717) is 19.4 Å². The lowest BCUT2D eigenvalue weighted by molar-refractivity contribution is -0.135. The van der Waals surface area contributed by atoms with Gasteiger partial charge in [0, 0.05) is 13.5 Å². The number of ether oxygens (including phenoxy) is 1. The van der Waals surface area contributed by atoms with Crippen LogP contribution in [0.25, 0.3) is 0 Å². The molecule has 0 aliphatic rings. The number of hydrogen-bond acceptors (Lipinski definition) is 3. The molecule has 0 spiro atoms. The highest BCUT2D eigenvalue weighted by Crippen LogP contribution is 2.19. The van der Waals surface area contributed by atoms with Gasteiger partial charge in [0.05, 0.1) is 12.6 Å². The number of amides is 1. The van der Waals surface area contributed by atoms with E-state index in [9.17, 15) is 4.79 Å². The van der Waals surface area contributed by atoms with Crippen LogP contribution in [-0.2, 0) is 16.0 Å². The van der Waals surface area contributed by atoms with Gasteiger partial charge < -0.3 is 4.74 Å². The van der Waals surface area contributed by atoms with Crippen LogP contribution in [0.5, 0.6) is 0 Å². The molecule has 2 rings (SSSR count). The minimum atomic E-state index is -0.269. The first-order valence-electron chi connectivity index (χ1n) is 7.37. The van der Waals surface area contributed by atoms with Gasteiger partial charge in [-0.05, 0) is 17.5 Å². The lowest BCUT2D eigenvalue weighted by atomic mass is 10.1. The molecule has 23 heavy (non-hydrogen) atoms. The van der Waals surface area contributed by atoms with E-state index in [4.69, 9.17) is 10.6 Å². The number of hydrazine groups is 1. The summed E-state index contributed by atoms with van der Waals surface area (Å²) < 4.78 is 5.22. The number of hydrogen-bond donors (Lipinski definition) is 1. The molecule has 2 aromatic rings. The quantitative estimate of drug-likeness (QED) is 0.481. The number of halogens is 1. The number of rotatable bonds is 7.